The van der Waals surface area contributed by atoms with Crippen LogP contribution in [-0.2, 0) is 4.79 Å². The Labute approximate surface area is 137 Å². The summed E-state index contributed by atoms with van der Waals surface area (Å²) in [6, 6.07) is 7.73. The zero-order valence-corrected chi connectivity index (χ0v) is 14.0. The lowest BCUT2D eigenvalue weighted by molar-refractivity contribution is -0.135. The van der Waals surface area contributed by atoms with E-state index in [0.29, 0.717) is 0 Å². The lowest BCUT2D eigenvalue weighted by Crippen LogP contribution is -2.52. The van der Waals surface area contributed by atoms with Gasteiger partial charge in [-0.05, 0) is 25.1 Å². The number of hydrogen-bond acceptors (Lipinski definition) is 3. The molecule has 118 valence electrons. The summed E-state index contributed by atoms with van der Waals surface area (Å²) in [6.45, 7) is 6.92. The number of anilines is 1. The monoisotopic (exact) mass is 331 g/mol. The number of hydrogen-bond donors (Lipinski definition) is 1. The van der Waals surface area contributed by atoms with Crippen LogP contribution in [0.5, 0.6) is 0 Å². The van der Waals surface area contributed by atoms with E-state index in [1.54, 1.807) is 0 Å². The molecule has 1 aliphatic heterocycles. The highest BCUT2D eigenvalue weighted by Crippen LogP contribution is 2.21. The molecule has 1 heterocycles. The van der Waals surface area contributed by atoms with Gasteiger partial charge in [0, 0.05) is 42.9 Å². The quantitative estimate of drug-likeness (QED) is 0.925. The van der Waals surface area contributed by atoms with Gasteiger partial charge in [-0.2, -0.15) is 0 Å². The minimum Gasteiger partial charge on any atom is -0.368 e. The highest BCUT2D eigenvalue weighted by Gasteiger charge is 2.26. The predicted octanol–water partition coefficient (Wildman–Crippen LogP) is 2.39. The maximum Gasteiger partial charge on any atom is 0.227 e. The standard InChI is InChI=1S/C15H22ClN3O.ClH/c1-11(12(2)17)15(20)19-8-6-18(7-9-19)14-5-3-4-13(16)10-14;/h3-5,10-12H,6-9,17H2,1-2H3;1H. The van der Waals surface area contributed by atoms with Gasteiger partial charge in [-0.1, -0.05) is 24.6 Å². The minimum absolute atomic E-state index is 0. The Morgan fingerprint density at radius 2 is 1.86 bits per heavy atom. The Balaban J connectivity index is 0.00000220. The second kappa shape index (κ2) is 7.87. The van der Waals surface area contributed by atoms with Crippen molar-refractivity contribution in [1.82, 2.24) is 4.90 Å². The first-order valence-corrected chi connectivity index (χ1v) is 7.41. The molecule has 1 aliphatic rings. The number of piperazine rings is 1. The Hall–Kier alpha value is -0.970. The van der Waals surface area contributed by atoms with Crippen LogP contribution < -0.4 is 10.6 Å². The molecule has 1 saturated heterocycles. The summed E-state index contributed by atoms with van der Waals surface area (Å²) in [5.74, 6) is 0.0402. The molecule has 0 aliphatic carbocycles. The molecule has 0 aromatic heterocycles. The van der Waals surface area contributed by atoms with Crippen molar-refractivity contribution in [3.8, 4) is 0 Å². The normalized spacial score (nSPS) is 17.9. The van der Waals surface area contributed by atoms with Crippen molar-refractivity contribution >= 4 is 35.6 Å². The molecule has 4 nitrogen and oxygen atoms in total. The van der Waals surface area contributed by atoms with E-state index in [9.17, 15) is 4.79 Å². The van der Waals surface area contributed by atoms with Gasteiger partial charge in [0.2, 0.25) is 5.91 Å². The van der Waals surface area contributed by atoms with Crippen molar-refractivity contribution in [2.45, 2.75) is 19.9 Å². The van der Waals surface area contributed by atoms with Gasteiger partial charge in [0.25, 0.3) is 0 Å². The molecule has 0 saturated carbocycles. The Kier molecular flexibility index (Phi) is 6.78. The van der Waals surface area contributed by atoms with Crippen molar-refractivity contribution < 1.29 is 4.79 Å². The Morgan fingerprint density at radius 3 is 2.38 bits per heavy atom. The predicted molar refractivity (Wildman–Crippen MR) is 90.3 cm³/mol. The number of halogens is 2. The van der Waals surface area contributed by atoms with Gasteiger partial charge in [-0.3, -0.25) is 4.79 Å². The molecule has 1 amide bonds. The Morgan fingerprint density at radius 1 is 1.24 bits per heavy atom. The smallest absolute Gasteiger partial charge is 0.227 e. The van der Waals surface area contributed by atoms with Crippen molar-refractivity contribution in [1.29, 1.82) is 0 Å². The molecule has 6 heteroatoms. The van der Waals surface area contributed by atoms with E-state index in [2.05, 4.69) is 4.90 Å². The lowest BCUT2D eigenvalue weighted by atomic mass is 10.0. The minimum atomic E-state index is -0.118. The van der Waals surface area contributed by atoms with E-state index in [-0.39, 0.29) is 30.3 Å². The van der Waals surface area contributed by atoms with Crippen LogP contribution in [0.3, 0.4) is 0 Å². The number of nitrogens with two attached hydrogens (primary N) is 1. The fraction of sp³-hybridized carbons (Fsp3) is 0.533. The van der Waals surface area contributed by atoms with Crippen LogP contribution in [0.1, 0.15) is 13.8 Å². The number of benzene rings is 1. The van der Waals surface area contributed by atoms with Crippen LogP contribution >= 0.6 is 24.0 Å². The van der Waals surface area contributed by atoms with Crippen LogP contribution in [-0.4, -0.2) is 43.0 Å². The summed E-state index contributed by atoms with van der Waals surface area (Å²) < 4.78 is 0. The molecule has 1 aromatic carbocycles. The highest BCUT2D eigenvalue weighted by molar-refractivity contribution is 6.30. The topological polar surface area (TPSA) is 49.6 Å². The largest absolute Gasteiger partial charge is 0.368 e. The number of carbonyl (C=O) groups excluding carboxylic acids is 1. The van der Waals surface area contributed by atoms with Crippen LogP contribution in [0.2, 0.25) is 5.02 Å². The third-order valence-electron chi connectivity index (χ3n) is 3.94. The first kappa shape index (κ1) is 18.1. The van der Waals surface area contributed by atoms with Crippen LogP contribution in [0.25, 0.3) is 0 Å². The second-order valence-electron chi connectivity index (χ2n) is 5.44. The lowest BCUT2D eigenvalue weighted by Gasteiger charge is -2.37. The second-order valence-corrected chi connectivity index (χ2v) is 5.88. The maximum atomic E-state index is 12.2. The third kappa shape index (κ3) is 4.50. The molecule has 2 rings (SSSR count). The number of amides is 1. The van der Waals surface area contributed by atoms with Gasteiger partial charge in [-0.25, -0.2) is 0 Å². The summed E-state index contributed by atoms with van der Waals surface area (Å²) in [5.41, 5.74) is 6.92. The van der Waals surface area contributed by atoms with E-state index < -0.39 is 0 Å². The van der Waals surface area contributed by atoms with E-state index in [1.807, 2.05) is 43.0 Å². The number of rotatable bonds is 3. The summed E-state index contributed by atoms with van der Waals surface area (Å²) in [5, 5.41) is 0.742. The zero-order valence-electron chi connectivity index (χ0n) is 12.5. The zero-order chi connectivity index (χ0) is 14.7. The average molecular weight is 332 g/mol. The van der Waals surface area contributed by atoms with Crippen LogP contribution in [0.4, 0.5) is 5.69 Å². The first-order chi connectivity index (χ1) is 9.49. The molecule has 1 fully saturated rings. The summed E-state index contributed by atoms with van der Waals surface area (Å²) in [4.78, 5) is 16.4. The molecule has 2 unspecified atom stereocenters. The van der Waals surface area contributed by atoms with Gasteiger partial charge in [0.05, 0.1) is 5.92 Å². The summed E-state index contributed by atoms with van der Waals surface area (Å²) in [7, 11) is 0. The van der Waals surface area contributed by atoms with Crippen molar-refractivity contribution in [3.05, 3.63) is 29.3 Å². The van der Waals surface area contributed by atoms with E-state index in [4.69, 9.17) is 17.3 Å². The maximum absolute atomic E-state index is 12.2. The number of carbonyl (C=O) groups is 1. The van der Waals surface area contributed by atoms with Gasteiger partial charge < -0.3 is 15.5 Å². The summed E-state index contributed by atoms with van der Waals surface area (Å²) in [6.07, 6.45) is 0. The SMILES string of the molecule is CC(N)C(C)C(=O)N1CCN(c2cccc(Cl)c2)CC1.Cl. The van der Waals surface area contributed by atoms with Gasteiger partial charge in [0.15, 0.2) is 0 Å². The van der Waals surface area contributed by atoms with Gasteiger partial charge in [-0.15, -0.1) is 12.4 Å². The van der Waals surface area contributed by atoms with Crippen LogP contribution in [0, 0.1) is 5.92 Å². The molecule has 0 spiro atoms. The highest BCUT2D eigenvalue weighted by atomic mass is 35.5. The molecule has 0 bridgehead atoms. The average Bonchev–Trinajstić information content (AvgIpc) is 2.46. The first-order valence-electron chi connectivity index (χ1n) is 7.04. The molecular weight excluding hydrogens is 309 g/mol. The fourth-order valence-electron chi connectivity index (χ4n) is 2.37. The summed E-state index contributed by atoms with van der Waals surface area (Å²) >= 11 is 6.01. The molecule has 2 N–H and O–H groups in total. The molecule has 2 atom stereocenters. The van der Waals surface area contributed by atoms with E-state index in [1.165, 1.54) is 0 Å². The van der Waals surface area contributed by atoms with Crippen molar-refractivity contribution in [2.24, 2.45) is 11.7 Å². The van der Waals surface area contributed by atoms with E-state index >= 15 is 0 Å². The fourth-order valence-corrected chi connectivity index (χ4v) is 2.56. The van der Waals surface area contributed by atoms with Gasteiger partial charge >= 0.3 is 0 Å². The van der Waals surface area contributed by atoms with Gasteiger partial charge in [0.1, 0.15) is 0 Å². The Bertz CT molecular complexity index is 474. The van der Waals surface area contributed by atoms with E-state index in [0.717, 1.165) is 36.9 Å². The molecule has 21 heavy (non-hydrogen) atoms. The van der Waals surface area contributed by atoms with Crippen LogP contribution in [0.15, 0.2) is 24.3 Å². The van der Waals surface area contributed by atoms with Crippen molar-refractivity contribution in [2.75, 3.05) is 31.1 Å². The molecule has 1 aromatic rings. The molecule has 0 radical (unpaired) electrons. The number of nitrogens with zero attached hydrogens (tertiary/aromatic N) is 2. The third-order valence-corrected chi connectivity index (χ3v) is 4.18. The van der Waals surface area contributed by atoms with Crippen molar-refractivity contribution in [3.63, 3.8) is 0 Å². The molecular formula is C15H23Cl2N3O.